The van der Waals surface area contributed by atoms with Gasteiger partial charge in [0.1, 0.15) is 40.7 Å². The maximum atomic E-state index is 15.2. The first-order valence-corrected chi connectivity index (χ1v) is 14.4. The Morgan fingerprint density at radius 2 is 1.82 bits per heavy atom. The van der Waals surface area contributed by atoms with E-state index in [1.807, 2.05) is 11.8 Å². The number of nitrogens with two attached hydrogens (primary N) is 1. The lowest BCUT2D eigenvalue weighted by Crippen LogP contribution is -2.62. The van der Waals surface area contributed by atoms with E-state index in [2.05, 4.69) is 15.3 Å². The third-order valence-electron chi connectivity index (χ3n) is 7.91. The monoisotopic (exact) mass is 613 g/mol. The van der Waals surface area contributed by atoms with Gasteiger partial charge in [0.15, 0.2) is 5.78 Å². The number of amides is 1. The quantitative estimate of drug-likeness (QED) is 0.362. The molecular formula is C31H34F3N5O5. The second-order valence-electron chi connectivity index (χ2n) is 11.0. The minimum absolute atomic E-state index is 0.0217. The smallest absolute Gasteiger partial charge is 0.407 e. The van der Waals surface area contributed by atoms with Crippen LogP contribution in [0, 0.1) is 23.4 Å². The van der Waals surface area contributed by atoms with Crippen LogP contribution in [0.15, 0.2) is 42.7 Å². The molecule has 2 saturated heterocycles. The maximum absolute atomic E-state index is 15.2. The van der Waals surface area contributed by atoms with Crippen molar-refractivity contribution in [1.82, 2.24) is 15.3 Å². The number of aromatic nitrogens is 2. The van der Waals surface area contributed by atoms with E-state index in [0.29, 0.717) is 50.4 Å². The SMILES string of the molecule is COC(=O)N[C@@H]1[C@H](N)CN(c2ccncc2CC(=O)c2ccc(F)c(-c3c(F)cc(OC4CCOCC4)cc3F)n2)C[C@@H]1C. The molecule has 234 valence electrons. The molecule has 0 spiro atoms. The zero-order valence-electron chi connectivity index (χ0n) is 24.4. The van der Waals surface area contributed by atoms with Gasteiger partial charge < -0.3 is 30.2 Å². The number of halogens is 3. The van der Waals surface area contributed by atoms with Gasteiger partial charge >= 0.3 is 6.09 Å². The minimum atomic E-state index is -1.06. The summed E-state index contributed by atoms with van der Waals surface area (Å²) in [7, 11) is 1.28. The standard InChI is InChI=1S/C31H34F3N5O5/c1-17-15-39(16-24(35)29(17)38-31(41)42-2)26-5-8-36-14-18(26)11-27(40)25-4-3-21(32)30(37-25)28-22(33)12-20(13-23(28)34)44-19-6-9-43-10-7-19/h3-5,8,12-14,17,19,24,29H,6-7,9-11,15-16,35H2,1-2H3,(H,38,41)/t17-,24+,29-/m0/s1. The van der Waals surface area contributed by atoms with Gasteiger partial charge in [-0.2, -0.15) is 0 Å². The van der Waals surface area contributed by atoms with E-state index in [9.17, 15) is 14.0 Å². The lowest BCUT2D eigenvalue weighted by molar-refractivity contribution is 0.0253. The molecule has 0 radical (unpaired) electrons. The van der Waals surface area contributed by atoms with Crippen LogP contribution in [0.1, 0.15) is 35.8 Å². The highest BCUT2D eigenvalue weighted by Gasteiger charge is 2.35. The highest BCUT2D eigenvalue weighted by molar-refractivity contribution is 5.97. The number of methoxy groups -OCH3 is 1. The minimum Gasteiger partial charge on any atom is -0.490 e. The van der Waals surface area contributed by atoms with E-state index in [1.165, 1.54) is 13.2 Å². The number of ketones is 1. The van der Waals surface area contributed by atoms with Crippen molar-refractivity contribution in [2.75, 3.05) is 38.3 Å². The number of hydrogen-bond acceptors (Lipinski definition) is 9. The molecule has 0 saturated carbocycles. The normalized spacial score (nSPS) is 20.7. The molecule has 13 heteroatoms. The number of hydrogen-bond donors (Lipinski definition) is 2. The van der Waals surface area contributed by atoms with Crippen LogP contribution >= 0.6 is 0 Å². The average molecular weight is 614 g/mol. The summed E-state index contributed by atoms with van der Waals surface area (Å²) in [4.78, 5) is 35.4. The molecule has 44 heavy (non-hydrogen) atoms. The fourth-order valence-corrected chi connectivity index (χ4v) is 5.70. The second-order valence-corrected chi connectivity index (χ2v) is 11.0. The van der Waals surface area contributed by atoms with Gasteiger partial charge in [0.05, 0.1) is 31.9 Å². The number of benzene rings is 1. The van der Waals surface area contributed by atoms with Crippen molar-refractivity contribution < 1.29 is 37.0 Å². The van der Waals surface area contributed by atoms with Crippen molar-refractivity contribution in [1.29, 1.82) is 0 Å². The fraction of sp³-hybridized carbons (Fsp3) is 0.419. The molecule has 4 heterocycles. The summed E-state index contributed by atoms with van der Waals surface area (Å²) in [6.45, 7) is 3.84. The van der Waals surface area contributed by atoms with Crippen molar-refractivity contribution in [3.8, 4) is 17.0 Å². The molecule has 3 atom stereocenters. The van der Waals surface area contributed by atoms with Crippen molar-refractivity contribution in [3.63, 3.8) is 0 Å². The Balaban J connectivity index is 1.35. The largest absolute Gasteiger partial charge is 0.490 e. The van der Waals surface area contributed by atoms with Crippen LogP contribution in [0.25, 0.3) is 11.3 Å². The first-order valence-electron chi connectivity index (χ1n) is 14.4. The Morgan fingerprint density at radius 1 is 1.09 bits per heavy atom. The highest BCUT2D eigenvalue weighted by Crippen LogP contribution is 2.32. The molecule has 3 aromatic rings. The maximum Gasteiger partial charge on any atom is 0.407 e. The van der Waals surface area contributed by atoms with Gasteiger partial charge in [-0.05, 0) is 24.1 Å². The number of anilines is 1. The van der Waals surface area contributed by atoms with Crippen molar-refractivity contribution in [2.24, 2.45) is 11.7 Å². The topological polar surface area (TPSA) is 129 Å². The van der Waals surface area contributed by atoms with Crippen molar-refractivity contribution in [3.05, 3.63) is 71.4 Å². The van der Waals surface area contributed by atoms with Gasteiger partial charge in [0, 0.05) is 74.2 Å². The van der Waals surface area contributed by atoms with Crippen molar-refractivity contribution >= 4 is 17.6 Å². The number of nitrogens with zero attached hydrogens (tertiary/aromatic N) is 3. The van der Waals surface area contributed by atoms with Crippen LogP contribution in [-0.2, 0) is 15.9 Å². The van der Waals surface area contributed by atoms with Crippen LogP contribution < -0.4 is 20.7 Å². The molecule has 2 fully saturated rings. The number of alkyl carbamates (subject to hydrolysis) is 1. The first-order chi connectivity index (χ1) is 21.1. The highest BCUT2D eigenvalue weighted by atomic mass is 19.1. The van der Waals surface area contributed by atoms with E-state index >= 15 is 8.78 Å². The van der Waals surface area contributed by atoms with Crippen LogP contribution in [0.4, 0.5) is 23.7 Å². The van der Waals surface area contributed by atoms with Gasteiger partial charge in [0.2, 0.25) is 0 Å². The number of Topliss-reactive ketones (excluding diaryl/α,β-unsaturated/α-hetero) is 1. The second kappa shape index (κ2) is 13.6. The zero-order valence-corrected chi connectivity index (χ0v) is 24.4. The number of carbonyl (C=O) groups excluding carboxylic acids is 2. The molecule has 1 amide bonds. The summed E-state index contributed by atoms with van der Waals surface area (Å²) in [6, 6.07) is 5.14. The molecule has 2 aromatic heterocycles. The molecule has 0 bridgehead atoms. The molecule has 1 aromatic carbocycles. The molecular weight excluding hydrogens is 579 g/mol. The van der Waals surface area contributed by atoms with Crippen LogP contribution in [0.5, 0.6) is 5.75 Å². The Labute approximate surface area is 252 Å². The molecule has 3 N–H and O–H groups in total. The van der Waals surface area contributed by atoms with E-state index in [0.717, 1.165) is 18.2 Å². The van der Waals surface area contributed by atoms with Crippen LogP contribution in [0.3, 0.4) is 0 Å². The lowest BCUT2D eigenvalue weighted by atomic mass is 9.89. The number of rotatable bonds is 8. The summed E-state index contributed by atoms with van der Waals surface area (Å²) in [6.07, 6.45) is 3.33. The zero-order chi connectivity index (χ0) is 31.4. The predicted octanol–water partition coefficient (Wildman–Crippen LogP) is 4.05. The fourth-order valence-electron chi connectivity index (χ4n) is 5.70. The summed E-state index contributed by atoms with van der Waals surface area (Å²) < 4.78 is 60.9. The summed E-state index contributed by atoms with van der Waals surface area (Å²) in [5.74, 6) is -3.67. The average Bonchev–Trinajstić information content (AvgIpc) is 3.00. The lowest BCUT2D eigenvalue weighted by Gasteiger charge is -2.42. The molecule has 0 unspecified atom stereocenters. The summed E-state index contributed by atoms with van der Waals surface area (Å²) in [5.41, 5.74) is 6.21. The number of carbonyl (C=O) groups is 2. The molecule has 0 aliphatic carbocycles. The summed E-state index contributed by atoms with van der Waals surface area (Å²) >= 11 is 0. The Hall–Kier alpha value is -4.23. The predicted molar refractivity (Wildman–Crippen MR) is 155 cm³/mol. The van der Waals surface area contributed by atoms with E-state index in [4.69, 9.17) is 19.9 Å². The molecule has 10 nitrogen and oxygen atoms in total. The summed E-state index contributed by atoms with van der Waals surface area (Å²) in [5, 5.41) is 2.78. The number of ether oxygens (including phenoxy) is 3. The van der Waals surface area contributed by atoms with Crippen LogP contribution in [0.2, 0.25) is 0 Å². The van der Waals surface area contributed by atoms with E-state index in [-0.39, 0.29) is 35.9 Å². The van der Waals surface area contributed by atoms with E-state index < -0.39 is 46.6 Å². The Kier molecular flexibility index (Phi) is 9.64. The molecule has 2 aliphatic rings. The van der Waals surface area contributed by atoms with Gasteiger partial charge in [0.25, 0.3) is 0 Å². The molecule has 5 rings (SSSR count). The number of nitrogens with one attached hydrogen (secondary N) is 1. The first kappa shape index (κ1) is 31.2. The van der Waals surface area contributed by atoms with Crippen LogP contribution in [-0.4, -0.2) is 73.4 Å². The van der Waals surface area contributed by atoms with Gasteiger partial charge in [-0.1, -0.05) is 6.92 Å². The van der Waals surface area contributed by atoms with Crippen molar-refractivity contribution in [2.45, 2.75) is 44.4 Å². The molecule has 2 aliphatic heterocycles. The van der Waals surface area contributed by atoms with Gasteiger partial charge in [-0.3, -0.25) is 9.78 Å². The van der Waals surface area contributed by atoms with Gasteiger partial charge in [-0.25, -0.2) is 22.9 Å². The third-order valence-corrected chi connectivity index (χ3v) is 7.91. The van der Waals surface area contributed by atoms with Gasteiger partial charge in [-0.15, -0.1) is 0 Å². The van der Waals surface area contributed by atoms with E-state index in [1.54, 1.807) is 18.5 Å². The number of piperidine rings is 1. The third kappa shape index (κ3) is 6.94. The Bertz CT molecular complexity index is 1480. The number of pyridine rings is 2. The Morgan fingerprint density at radius 3 is 2.50 bits per heavy atom.